The standard InChI is InChI=1S/C15H10F3NO4/c16-15(17,18)23-11-7-2-1-4-8(11)13(20)9-5-3-6-10(12(9)19)14(21)22/h1-7H,19H2,(H,21,22). The molecule has 0 saturated carbocycles. The lowest BCUT2D eigenvalue weighted by molar-refractivity contribution is -0.274. The van der Waals surface area contributed by atoms with Gasteiger partial charge in [0, 0.05) is 5.56 Å². The molecule has 2 aromatic carbocycles. The van der Waals surface area contributed by atoms with E-state index < -0.39 is 23.9 Å². The van der Waals surface area contributed by atoms with Crippen LogP contribution in [0, 0.1) is 0 Å². The van der Waals surface area contributed by atoms with Crippen LogP contribution in [0.4, 0.5) is 18.9 Å². The number of hydrogen-bond acceptors (Lipinski definition) is 4. The van der Waals surface area contributed by atoms with Crippen molar-refractivity contribution in [1.29, 1.82) is 0 Å². The van der Waals surface area contributed by atoms with Gasteiger partial charge in [0.15, 0.2) is 5.78 Å². The summed E-state index contributed by atoms with van der Waals surface area (Å²) in [6, 6.07) is 8.44. The summed E-state index contributed by atoms with van der Waals surface area (Å²) in [5.41, 5.74) is 4.40. The fraction of sp³-hybridized carbons (Fsp3) is 0.0667. The van der Waals surface area contributed by atoms with E-state index in [1.165, 1.54) is 30.3 Å². The number of carboxylic acids is 1. The van der Waals surface area contributed by atoms with Gasteiger partial charge in [-0.05, 0) is 24.3 Å². The van der Waals surface area contributed by atoms with Gasteiger partial charge in [-0.25, -0.2) is 4.79 Å². The Hall–Kier alpha value is -3.03. The van der Waals surface area contributed by atoms with Crippen LogP contribution in [0.2, 0.25) is 0 Å². The molecule has 0 aromatic heterocycles. The molecule has 0 atom stereocenters. The lowest BCUT2D eigenvalue weighted by Gasteiger charge is -2.13. The highest BCUT2D eigenvalue weighted by Gasteiger charge is 2.33. The predicted octanol–water partition coefficient (Wildman–Crippen LogP) is 3.10. The minimum Gasteiger partial charge on any atom is -0.478 e. The molecule has 0 aliphatic heterocycles. The van der Waals surface area contributed by atoms with Gasteiger partial charge in [-0.15, -0.1) is 13.2 Å². The molecule has 0 saturated heterocycles. The van der Waals surface area contributed by atoms with Crippen molar-refractivity contribution in [3.63, 3.8) is 0 Å². The van der Waals surface area contributed by atoms with E-state index in [1.54, 1.807) is 0 Å². The van der Waals surface area contributed by atoms with Gasteiger partial charge < -0.3 is 15.6 Å². The number of carboxylic acid groups (broad SMARTS) is 1. The van der Waals surface area contributed by atoms with Crippen LogP contribution in [-0.2, 0) is 0 Å². The second kappa shape index (κ2) is 5.99. The zero-order chi connectivity index (χ0) is 17.2. The van der Waals surface area contributed by atoms with Crippen LogP contribution in [0.3, 0.4) is 0 Å². The number of hydrogen-bond donors (Lipinski definition) is 2. The highest BCUT2D eigenvalue weighted by molar-refractivity contribution is 6.15. The van der Waals surface area contributed by atoms with Crippen molar-refractivity contribution < 1.29 is 32.6 Å². The number of carbonyl (C=O) groups excluding carboxylic acids is 1. The number of halogens is 3. The van der Waals surface area contributed by atoms with E-state index in [1.807, 2.05) is 0 Å². The Balaban J connectivity index is 2.51. The smallest absolute Gasteiger partial charge is 0.478 e. The van der Waals surface area contributed by atoms with Crippen LogP contribution in [-0.4, -0.2) is 23.2 Å². The van der Waals surface area contributed by atoms with E-state index in [4.69, 9.17) is 10.8 Å². The third-order valence-electron chi connectivity index (χ3n) is 2.94. The summed E-state index contributed by atoms with van der Waals surface area (Å²) < 4.78 is 41.0. The monoisotopic (exact) mass is 325 g/mol. The van der Waals surface area contributed by atoms with Gasteiger partial charge in [-0.3, -0.25) is 4.79 Å². The number of benzene rings is 2. The Bertz CT molecular complexity index is 772. The summed E-state index contributed by atoms with van der Waals surface area (Å²) in [5, 5.41) is 8.99. The number of nitrogen functional groups attached to an aromatic ring is 1. The molecule has 120 valence electrons. The Morgan fingerprint density at radius 3 is 2.13 bits per heavy atom. The van der Waals surface area contributed by atoms with Crippen LogP contribution in [0.5, 0.6) is 5.75 Å². The van der Waals surface area contributed by atoms with E-state index in [9.17, 15) is 22.8 Å². The molecule has 23 heavy (non-hydrogen) atoms. The van der Waals surface area contributed by atoms with Crippen LogP contribution in [0.1, 0.15) is 26.3 Å². The van der Waals surface area contributed by atoms with Gasteiger partial charge in [0.25, 0.3) is 0 Å². The first-order chi connectivity index (χ1) is 10.7. The summed E-state index contributed by atoms with van der Waals surface area (Å²) in [6.45, 7) is 0. The highest BCUT2D eigenvalue weighted by atomic mass is 19.4. The summed E-state index contributed by atoms with van der Waals surface area (Å²) >= 11 is 0. The number of carbonyl (C=O) groups is 2. The van der Waals surface area contributed by atoms with Crippen LogP contribution in [0.25, 0.3) is 0 Å². The number of ether oxygens (including phenoxy) is 1. The van der Waals surface area contributed by atoms with E-state index in [0.717, 1.165) is 12.1 Å². The number of ketones is 1. The molecule has 0 aliphatic rings. The first-order valence-corrected chi connectivity index (χ1v) is 6.22. The third kappa shape index (κ3) is 3.60. The van der Waals surface area contributed by atoms with E-state index in [2.05, 4.69) is 4.74 Å². The molecule has 0 radical (unpaired) electrons. The lowest BCUT2D eigenvalue weighted by atomic mass is 9.98. The molecular weight excluding hydrogens is 315 g/mol. The van der Waals surface area contributed by atoms with Gasteiger partial charge in [0.1, 0.15) is 5.75 Å². The molecule has 0 spiro atoms. The lowest BCUT2D eigenvalue weighted by Crippen LogP contribution is -2.19. The molecule has 8 heteroatoms. The minimum absolute atomic E-state index is 0.219. The molecule has 3 N–H and O–H groups in total. The summed E-state index contributed by atoms with van der Waals surface area (Å²) in [7, 11) is 0. The fourth-order valence-electron chi connectivity index (χ4n) is 1.96. The Kier molecular flexibility index (Phi) is 4.26. The second-order valence-electron chi connectivity index (χ2n) is 4.45. The van der Waals surface area contributed by atoms with Gasteiger partial charge in [0.05, 0.1) is 16.8 Å². The third-order valence-corrected chi connectivity index (χ3v) is 2.94. The Labute approximate surface area is 128 Å². The predicted molar refractivity (Wildman–Crippen MR) is 74.4 cm³/mol. The molecule has 5 nitrogen and oxygen atoms in total. The SMILES string of the molecule is Nc1c(C(=O)O)cccc1C(=O)c1ccccc1OC(F)(F)F. The first-order valence-electron chi connectivity index (χ1n) is 6.22. The summed E-state index contributed by atoms with van der Waals surface area (Å²) in [5.74, 6) is -2.91. The fourth-order valence-corrected chi connectivity index (χ4v) is 1.96. The van der Waals surface area contributed by atoms with Crippen molar-refractivity contribution in [2.24, 2.45) is 0 Å². The van der Waals surface area contributed by atoms with Gasteiger partial charge in [0.2, 0.25) is 0 Å². The average molecular weight is 325 g/mol. The molecular formula is C15H10F3NO4. The molecule has 0 unspecified atom stereocenters. The summed E-state index contributed by atoms with van der Waals surface area (Å²) in [6.07, 6.45) is -4.97. The molecule has 0 heterocycles. The van der Waals surface area contributed by atoms with Crippen LogP contribution >= 0.6 is 0 Å². The minimum atomic E-state index is -4.97. The molecule has 0 aliphatic carbocycles. The van der Waals surface area contributed by atoms with Crippen LogP contribution < -0.4 is 10.5 Å². The second-order valence-corrected chi connectivity index (χ2v) is 4.45. The molecule has 0 fully saturated rings. The zero-order valence-electron chi connectivity index (χ0n) is 11.4. The number of alkyl halides is 3. The molecule has 2 aromatic rings. The molecule has 0 amide bonds. The maximum Gasteiger partial charge on any atom is 0.573 e. The van der Waals surface area contributed by atoms with Crippen molar-refractivity contribution in [2.75, 3.05) is 5.73 Å². The van der Waals surface area contributed by atoms with Crippen molar-refractivity contribution in [3.8, 4) is 5.75 Å². The van der Waals surface area contributed by atoms with E-state index in [-0.39, 0.29) is 22.4 Å². The molecule has 0 bridgehead atoms. The number of aromatic carboxylic acids is 1. The number of anilines is 1. The Morgan fingerprint density at radius 1 is 0.957 bits per heavy atom. The van der Waals surface area contributed by atoms with Gasteiger partial charge in [-0.1, -0.05) is 18.2 Å². The van der Waals surface area contributed by atoms with Crippen LogP contribution in [0.15, 0.2) is 42.5 Å². The maximum atomic E-state index is 12.4. The molecule has 2 rings (SSSR count). The van der Waals surface area contributed by atoms with Gasteiger partial charge in [-0.2, -0.15) is 0 Å². The highest BCUT2D eigenvalue weighted by Crippen LogP contribution is 2.29. The average Bonchev–Trinajstić information content (AvgIpc) is 2.45. The Morgan fingerprint density at radius 2 is 1.52 bits per heavy atom. The van der Waals surface area contributed by atoms with Crippen molar-refractivity contribution in [3.05, 3.63) is 59.2 Å². The van der Waals surface area contributed by atoms with E-state index in [0.29, 0.717) is 0 Å². The maximum absolute atomic E-state index is 12.4. The van der Waals surface area contributed by atoms with Crippen molar-refractivity contribution >= 4 is 17.4 Å². The quantitative estimate of drug-likeness (QED) is 0.666. The topological polar surface area (TPSA) is 89.6 Å². The van der Waals surface area contributed by atoms with Gasteiger partial charge >= 0.3 is 12.3 Å². The van der Waals surface area contributed by atoms with E-state index >= 15 is 0 Å². The van der Waals surface area contributed by atoms with Crippen molar-refractivity contribution in [1.82, 2.24) is 0 Å². The zero-order valence-corrected chi connectivity index (χ0v) is 11.4. The number of para-hydroxylation sites is 2. The number of nitrogens with two attached hydrogens (primary N) is 1. The van der Waals surface area contributed by atoms with Crippen molar-refractivity contribution in [2.45, 2.75) is 6.36 Å². The normalized spacial score (nSPS) is 11.1. The number of rotatable bonds is 4. The largest absolute Gasteiger partial charge is 0.573 e. The summed E-state index contributed by atoms with van der Waals surface area (Å²) in [4.78, 5) is 23.5. The first kappa shape index (κ1) is 16.3.